The molecular formula is C37H42N4O6. The highest BCUT2D eigenvalue weighted by atomic mass is 16.5. The first kappa shape index (κ1) is 33.4. The molecule has 1 heterocycles. The summed E-state index contributed by atoms with van der Waals surface area (Å²) in [6.07, 6.45) is 8.98. The van der Waals surface area contributed by atoms with E-state index < -0.39 is 24.0 Å². The monoisotopic (exact) mass is 638 g/mol. The molecule has 1 aliphatic carbocycles. The Kier molecular flexibility index (Phi) is 10.4. The van der Waals surface area contributed by atoms with Crippen LogP contribution in [0.25, 0.3) is 10.8 Å². The topological polar surface area (TPSA) is 131 Å². The Balaban J connectivity index is 1.56. The summed E-state index contributed by atoms with van der Waals surface area (Å²) in [4.78, 5) is 57.3. The molecule has 10 nitrogen and oxygen atoms in total. The number of hydrogen-bond acceptors (Lipinski definition) is 8. The van der Waals surface area contributed by atoms with Gasteiger partial charge in [0.1, 0.15) is 11.5 Å². The number of rotatable bonds is 11. The van der Waals surface area contributed by atoms with Gasteiger partial charge in [-0.15, -0.1) is 0 Å². The number of nitrogens with zero attached hydrogens (tertiary/aromatic N) is 2. The van der Waals surface area contributed by atoms with Gasteiger partial charge < -0.3 is 30.3 Å². The standard InChI is InChI=1S/C37H42N4O6/c1-23(39-2)33(42)11-7-8-27-21-40(35(43)24-12-16-28(38)17-13-24)31-9-5-6-10-32(31)41(36(27)44)22-30-29-18-14-26(37(45)47-4)20-25(29)15-19-34(30)46-3/h5-6,9-10,12-20,23,27,31-32,39H,7-8,11,21-22,38H2,1-4H3/t23-,27?,31?,32?/m0/s1. The van der Waals surface area contributed by atoms with Gasteiger partial charge in [-0.05, 0) is 80.1 Å². The van der Waals surface area contributed by atoms with Crippen molar-refractivity contribution in [2.45, 2.75) is 50.9 Å². The highest BCUT2D eigenvalue weighted by molar-refractivity contribution is 5.98. The first-order valence-electron chi connectivity index (χ1n) is 15.9. The molecule has 3 unspecified atom stereocenters. The fraction of sp³-hybridized carbons (Fsp3) is 0.351. The summed E-state index contributed by atoms with van der Waals surface area (Å²) in [5.41, 5.74) is 8.15. The maximum absolute atomic E-state index is 14.7. The summed E-state index contributed by atoms with van der Waals surface area (Å²) in [5.74, 6) is -0.615. The molecule has 0 saturated carbocycles. The Morgan fingerprint density at radius 3 is 2.36 bits per heavy atom. The normalized spacial score (nSPS) is 19.7. The lowest BCUT2D eigenvalue weighted by atomic mass is 9.96. The molecule has 0 aromatic heterocycles. The lowest BCUT2D eigenvalue weighted by molar-refractivity contribution is -0.137. The Labute approximate surface area is 275 Å². The lowest BCUT2D eigenvalue weighted by Gasteiger charge is -2.38. The van der Waals surface area contributed by atoms with Crippen LogP contribution in [0.3, 0.4) is 0 Å². The zero-order valence-corrected chi connectivity index (χ0v) is 27.3. The van der Waals surface area contributed by atoms with Crippen LogP contribution >= 0.6 is 0 Å². The van der Waals surface area contributed by atoms with Crippen LogP contribution in [0, 0.1) is 5.92 Å². The SMILES string of the molecule is CN[C@@H](C)C(=O)CCCC1CN(C(=O)c2ccc(N)cc2)C2C=CC=CC2N(Cc2c(OC)ccc3cc(C(=O)OC)ccc23)C1=O. The van der Waals surface area contributed by atoms with Crippen molar-refractivity contribution in [3.05, 3.63) is 95.6 Å². The van der Waals surface area contributed by atoms with Gasteiger partial charge in [0.25, 0.3) is 5.91 Å². The van der Waals surface area contributed by atoms with Crippen molar-refractivity contribution in [3.63, 3.8) is 0 Å². The van der Waals surface area contributed by atoms with E-state index in [9.17, 15) is 19.2 Å². The second-order valence-corrected chi connectivity index (χ2v) is 12.0. The molecule has 3 aromatic carbocycles. The van der Waals surface area contributed by atoms with Crippen molar-refractivity contribution in [3.8, 4) is 5.75 Å². The van der Waals surface area contributed by atoms with Crippen molar-refractivity contribution in [1.29, 1.82) is 0 Å². The maximum atomic E-state index is 14.7. The Hall–Kier alpha value is -4.96. The number of likely N-dealkylation sites (N-methyl/N-ethyl adjacent to an activating group) is 1. The number of nitrogens with two attached hydrogens (primary N) is 1. The molecule has 1 saturated heterocycles. The second-order valence-electron chi connectivity index (χ2n) is 12.0. The summed E-state index contributed by atoms with van der Waals surface area (Å²) in [5, 5.41) is 4.62. The van der Waals surface area contributed by atoms with Crippen LogP contribution in [0.2, 0.25) is 0 Å². The summed E-state index contributed by atoms with van der Waals surface area (Å²) >= 11 is 0. The number of nitrogens with one attached hydrogen (secondary N) is 1. The number of benzene rings is 3. The number of carbonyl (C=O) groups is 4. The van der Waals surface area contributed by atoms with E-state index in [0.717, 1.165) is 16.3 Å². The van der Waals surface area contributed by atoms with Crippen LogP contribution in [0.4, 0.5) is 5.69 Å². The molecule has 0 radical (unpaired) electrons. The van der Waals surface area contributed by atoms with Gasteiger partial charge >= 0.3 is 5.97 Å². The Morgan fingerprint density at radius 1 is 0.979 bits per heavy atom. The molecule has 1 fully saturated rings. The van der Waals surface area contributed by atoms with Crippen LogP contribution in [0.1, 0.15) is 52.5 Å². The van der Waals surface area contributed by atoms with Gasteiger partial charge in [0.2, 0.25) is 5.91 Å². The van der Waals surface area contributed by atoms with E-state index >= 15 is 0 Å². The van der Waals surface area contributed by atoms with E-state index in [1.807, 2.05) is 54.3 Å². The predicted octanol–water partition coefficient (Wildman–Crippen LogP) is 4.53. The smallest absolute Gasteiger partial charge is 0.337 e. The molecule has 2 aliphatic rings. The molecule has 2 amide bonds. The molecule has 10 heteroatoms. The van der Waals surface area contributed by atoms with Crippen molar-refractivity contribution in [1.82, 2.24) is 15.1 Å². The van der Waals surface area contributed by atoms with Crippen molar-refractivity contribution >= 4 is 40.0 Å². The minimum absolute atomic E-state index is 0.0755. The molecule has 3 aromatic rings. The third-order valence-electron chi connectivity index (χ3n) is 9.21. The fourth-order valence-electron chi connectivity index (χ4n) is 6.43. The number of carbonyl (C=O) groups excluding carboxylic acids is 4. The average Bonchev–Trinajstić information content (AvgIpc) is 3.21. The van der Waals surface area contributed by atoms with Gasteiger partial charge in [0.05, 0.1) is 50.4 Å². The minimum atomic E-state index is -0.551. The van der Waals surface area contributed by atoms with Crippen LogP contribution < -0.4 is 15.8 Å². The molecule has 1 aliphatic heterocycles. The lowest BCUT2D eigenvalue weighted by Crippen LogP contribution is -2.50. The molecule has 47 heavy (non-hydrogen) atoms. The third-order valence-corrected chi connectivity index (χ3v) is 9.21. The summed E-state index contributed by atoms with van der Waals surface area (Å²) in [6, 6.07) is 14.6. The number of allylic oxidation sites excluding steroid dienone is 2. The largest absolute Gasteiger partial charge is 0.496 e. The highest BCUT2D eigenvalue weighted by Gasteiger charge is 2.43. The Morgan fingerprint density at radius 2 is 1.68 bits per heavy atom. The third kappa shape index (κ3) is 7.07. The van der Waals surface area contributed by atoms with E-state index in [1.165, 1.54) is 7.11 Å². The Bertz CT molecular complexity index is 1720. The van der Waals surface area contributed by atoms with Gasteiger partial charge in [-0.3, -0.25) is 14.4 Å². The van der Waals surface area contributed by atoms with E-state index in [4.69, 9.17) is 15.2 Å². The van der Waals surface area contributed by atoms with E-state index in [1.54, 1.807) is 55.5 Å². The number of Topliss-reactive ketones (excluding diaryl/α,β-unsaturated/α-hetero) is 1. The average molecular weight is 639 g/mol. The molecule has 0 spiro atoms. The number of hydrogen-bond donors (Lipinski definition) is 2. The van der Waals surface area contributed by atoms with E-state index in [0.29, 0.717) is 41.8 Å². The van der Waals surface area contributed by atoms with Crippen LogP contribution in [0.5, 0.6) is 5.75 Å². The van der Waals surface area contributed by atoms with Crippen molar-refractivity contribution in [2.24, 2.45) is 5.92 Å². The zero-order chi connectivity index (χ0) is 33.7. The van der Waals surface area contributed by atoms with E-state index in [-0.39, 0.29) is 36.7 Å². The number of methoxy groups -OCH3 is 2. The highest BCUT2D eigenvalue weighted by Crippen LogP contribution is 2.35. The number of ketones is 1. The molecule has 0 bridgehead atoms. The molecular weight excluding hydrogens is 596 g/mol. The number of fused-ring (bicyclic) bond motifs is 2. The number of ether oxygens (including phenoxy) is 2. The molecule has 246 valence electrons. The van der Waals surface area contributed by atoms with Gasteiger partial charge in [0, 0.05) is 29.8 Å². The summed E-state index contributed by atoms with van der Waals surface area (Å²) < 4.78 is 10.7. The fourth-order valence-corrected chi connectivity index (χ4v) is 6.43. The first-order valence-corrected chi connectivity index (χ1v) is 15.9. The molecule has 3 N–H and O–H groups in total. The van der Waals surface area contributed by atoms with Gasteiger partial charge in [0.15, 0.2) is 0 Å². The zero-order valence-electron chi connectivity index (χ0n) is 27.3. The van der Waals surface area contributed by atoms with Crippen LogP contribution in [-0.4, -0.2) is 79.3 Å². The second kappa shape index (κ2) is 14.6. The van der Waals surface area contributed by atoms with Gasteiger partial charge in [-0.1, -0.05) is 36.4 Å². The van der Waals surface area contributed by atoms with Crippen LogP contribution in [0.15, 0.2) is 78.9 Å². The van der Waals surface area contributed by atoms with Crippen molar-refractivity contribution in [2.75, 3.05) is 33.5 Å². The minimum Gasteiger partial charge on any atom is -0.496 e. The van der Waals surface area contributed by atoms with Gasteiger partial charge in [-0.2, -0.15) is 0 Å². The number of anilines is 1. The number of esters is 1. The predicted molar refractivity (Wildman–Crippen MR) is 181 cm³/mol. The molecule has 4 atom stereocenters. The van der Waals surface area contributed by atoms with Crippen LogP contribution in [-0.2, 0) is 20.9 Å². The number of amides is 2. The maximum Gasteiger partial charge on any atom is 0.337 e. The quantitative estimate of drug-likeness (QED) is 0.232. The summed E-state index contributed by atoms with van der Waals surface area (Å²) in [7, 11) is 4.67. The summed E-state index contributed by atoms with van der Waals surface area (Å²) in [6.45, 7) is 2.22. The first-order chi connectivity index (χ1) is 22.7. The van der Waals surface area contributed by atoms with E-state index in [2.05, 4.69) is 5.32 Å². The van der Waals surface area contributed by atoms with Crippen molar-refractivity contribution < 1.29 is 28.7 Å². The number of nitrogen functional groups attached to an aromatic ring is 1. The molecule has 5 rings (SSSR count). The van der Waals surface area contributed by atoms with Gasteiger partial charge in [-0.25, -0.2) is 4.79 Å².